The quantitative estimate of drug-likeness (QED) is 0.325. The highest BCUT2D eigenvalue weighted by Crippen LogP contribution is 2.42. The molecule has 2 saturated heterocycles. The van der Waals surface area contributed by atoms with Crippen LogP contribution >= 0.6 is 0 Å². The van der Waals surface area contributed by atoms with Crippen LogP contribution < -0.4 is 10.2 Å². The molecule has 0 radical (unpaired) electrons. The van der Waals surface area contributed by atoms with Crippen molar-refractivity contribution in [2.75, 3.05) is 75.9 Å². The second kappa shape index (κ2) is 12.1. The Morgan fingerprint density at radius 3 is 2.64 bits per heavy atom. The minimum absolute atomic E-state index is 0.158. The first-order valence-corrected chi connectivity index (χ1v) is 14.0. The molecule has 2 aliphatic heterocycles. The monoisotopic (exact) mass is 529 g/mol. The average Bonchev–Trinajstić information content (AvgIpc) is 3.44. The van der Waals surface area contributed by atoms with Crippen molar-refractivity contribution in [2.45, 2.75) is 25.2 Å². The van der Waals surface area contributed by atoms with Crippen LogP contribution in [0.4, 0.5) is 17.5 Å². The molecule has 0 spiro atoms. The molecule has 4 heterocycles. The number of ether oxygens (including phenoxy) is 2. The highest BCUT2D eigenvalue weighted by atomic mass is 16.5. The number of morpholine rings is 2. The van der Waals surface area contributed by atoms with Crippen LogP contribution in [0, 0.1) is 4.91 Å². The van der Waals surface area contributed by atoms with Crippen LogP contribution in [0.25, 0.3) is 11.3 Å². The fourth-order valence-corrected chi connectivity index (χ4v) is 5.73. The van der Waals surface area contributed by atoms with Gasteiger partial charge >= 0.3 is 0 Å². The van der Waals surface area contributed by atoms with Crippen molar-refractivity contribution in [1.82, 2.24) is 19.9 Å². The predicted molar refractivity (Wildman–Crippen MR) is 151 cm³/mol. The summed E-state index contributed by atoms with van der Waals surface area (Å²) in [4.78, 5) is 30.7. The van der Waals surface area contributed by atoms with Crippen LogP contribution in [0.15, 0.2) is 47.8 Å². The van der Waals surface area contributed by atoms with Gasteiger partial charge in [0.1, 0.15) is 11.5 Å². The fraction of sp³-hybridized carbons (Fsp3) is 0.483. The number of benzene rings is 1. The standard InChI is InChI=1S/C29H35N7O3/c37-34-23-4-1-3-22(19-23)27-25-6-5-24(28(25)33-29(32-27)36-13-17-39-18-14-36)21-7-9-31-26(20-21)30-8-2-10-35-11-15-38-16-12-35/h1,3-4,7,9,19-20,24H,2,5-6,8,10-18H2,(H,30,31). The highest BCUT2D eigenvalue weighted by molar-refractivity contribution is 5.70. The van der Waals surface area contributed by atoms with E-state index in [1.54, 1.807) is 6.07 Å². The Kier molecular flexibility index (Phi) is 8.03. The van der Waals surface area contributed by atoms with E-state index in [2.05, 4.69) is 37.4 Å². The fourth-order valence-electron chi connectivity index (χ4n) is 5.73. The van der Waals surface area contributed by atoms with Gasteiger partial charge in [-0.05, 0) is 60.8 Å². The molecule has 10 nitrogen and oxygen atoms in total. The summed E-state index contributed by atoms with van der Waals surface area (Å²) >= 11 is 0. The Morgan fingerprint density at radius 2 is 1.82 bits per heavy atom. The van der Waals surface area contributed by atoms with Crippen LogP contribution in [-0.2, 0) is 15.9 Å². The minimum atomic E-state index is 0.158. The van der Waals surface area contributed by atoms with Gasteiger partial charge in [0.15, 0.2) is 0 Å². The molecule has 3 aromatic rings. The van der Waals surface area contributed by atoms with E-state index in [-0.39, 0.29) is 5.92 Å². The molecule has 2 fully saturated rings. The van der Waals surface area contributed by atoms with Gasteiger partial charge in [-0.1, -0.05) is 12.1 Å². The predicted octanol–water partition coefficient (Wildman–Crippen LogP) is 3.99. The van der Waals surface area contributed by atoms with Crippen molar-refractivity contribution >= 4 is 17.5 Å². The first-order valence-electron chi connectivity index (χ1n) is 14.0. The van der Waals surface area contributed by atoms with Crippen LogP contribution in [0.1, 0.15) is 35.6 Å². The van der Waals surface area contributed by atoms with Crippen molar-refractivity contribution in [3.05, 3.63) is 64.3 Å². The number of rotatable bonds is 9. The van der Waals surface area contributed by atoms with Gasteiger partial charge in [-0.15, -0.1) is 4.91 Å². The van der Waals surface area contributed by atoms with Gasteiger partial charge in [0.2, 0.25) is 5.95 Å². The number of aromatic nitrogens is 3. The SMILES string of the molecule is O=Nc1cccc(-c2nc(N3CCOCC3)nc3c2CCC3c2ccnc(NCCCN3CCOCC3)c2)c1. The second-order valence-corrected chi connectivity index (χ2v) is 10.3. The topological polar surface area (TPSA) is 105 Å². The number of fused-ring (bicyclic) bond motifs is 1. The maximum Gasteiger partial charge on any atom is 0.226 e. The normalized spacial score (nSPS) is 19.6. The third-order valence-electron chi connectivity index (χ3n) is 7.81. The van der Waals surface area contributed by atoms with Crippen molar-refractivity contribution in [2.24, 2.45) is 5.18 Å². The largest absolute Gasteiger partial charge is 0.379 e. The van der Waals surface area contributed by atoms with Crippen LogP contribution in [-0.4, -0.2) is 85.5 Å². The zero-order valence-electron chi connectivity index (χ0n) is 22.2. The van der Waals surface area contributed by atoms with Crippen LogP contribution in [0.2, 0.25) is 0 Å². The summed E-state index contributed by atoms with van der Waals surface area (Å²) in [7, 11) is 0. The lowest BCUT2D eigenvalue weighted by Crippen LogP contribution is -2.37. The summed E-state index contributed by atoms with van der Waals surface area (Å²) in [5, 5.41) is 6.67. The summed E-state index contributed by atoms with van der Waals surface area (Å²) in [5.41, 5.74) is 5.62. The van der Waals surface area contributed by atoms with E-state index in [1.807, 2.05) is 24.4 Å². The van der Waals surface area contributed by atoms with Gasteiger partial charge in [0, 0.05) is 56.0 Å². The Bertz CT molecular complexity index is 1290. The van der Waals surface area contributed by atoms with E-state index >= 15 is 0 Å². The molecule has 3 aliphatic rings. The minimum Gasteiger partial charge on any atom is -0.379 e. The van der Waals surface area contributed by atoms with Gasteiger partial charge < -0.3 is 19.7 Å². The number of hydrogen-bond donors (Lipinski definition) is 1. The van der Waals surface area contributed by atoms with Gasteiger partial charge in [-0.25, -0.2) is 15.0 Å². The molecule has 0 saturated carbocycles. The number of pyridine rings is 1. The number of nitrogens with zero attached hydrogens (tertiary/aromatic N) is 6. The Balaban J connectivity index is 1.25. The summed E-state index contributed by atoms with van der Waals surface area (Å²) in [5.74, 6) is 1.78. The van der Waals surface area contributed by atoms with E-state index in [4.69, 9.17) is 19.4 Å². The summed E-state index contributed by atoms with van der Waals surface area (Å²) in [6.45, 7) is 8.47. The molecule has 39 heavy (non-hydrogen) atoms. The van der Waals surface area contributed by atoms with Gasteiger partial charge in [0.25, 0.3) is 0 Å². The second-order valence-electron chi connectivity index (χ2n) is 10.3. The maximum absolute atomic E-state index is 11.3. The lowest BCUT2D eigenvalue weighted by Gasteiger charge is -2.28. The zero-order valence-corrected chi connectivity index (χ0v) is 22.2. The lowest BCUT2D eigenvalue weighted by atomic mass is 9.97. The van der Waals surface area contributed by atoms with E-state index in [1.165, 1.54) is 5.56 Å². The molecule has 1 unspecified atom stereocenters. The molecule has 1 aliphatic carbocycles. The third-order valence-corrected chi connectivity index (χ3v) is 7.81. The smallest absolute Gasteiger partial charge is 0.226 e. The Hall–Kier alpha value is -3.47. The summed E-state index contributed by atoms with van der Waals surface area (Å²) in [6, 6.07) is 11.7. The molecule has 6 rings (SSSR count). The van der Waals surface area contributed by atoms with Crippen molar-refractivity contribution < 1.29 is 9.47 Å². The van der Waals surface area contributed by atoms with Gasteiger partial charge in [-0.3, -0.25) is 4.90 Å². The van der Waals surface area contributed by atoms with E-state index < -0.39 is 0 Å². The first kappa shape index (κ1) is 25.8. The van der Waals surface area contributed by atoms with Gasteiger partial charge in [-0.2, -0.15) is 0 Å². The van der Waals surface area contributed by atoms with Crippen LogP contribution in [0.3, 0.4) is 0 Å². The third kappa shape index (κ3) is 5.93. The average molecular weight is 530 g/mol. The molecule has 2 aromatic heterocycles. The molecule has 0 amide bonds. The van der Waals surface area contributed by atoms with E-state index in [0.29, 0.717) is 18.9 Å². The molecular formula is C29H35N7O3. The molecule has 0 bridgehead atoms. The molecule has 1 atom stereocenters. The Labute approximate surface area is 228 Å². The van der Waals surface area contributed by atoms with Crippen molar-refractivity contribution in [3.8, 4) is 11.3 Å². The van der Waals surface area contributed by atoms with E-state index in [9.17, 15) is 4.91 Å². The van der Waals surface area contributed by atoms with Crippen LogP contribution in [0.5, 0.6) is 0 Å². The number of hydrogen-bond acceptors (Lipinski definition) is 10. The van der Waals surface area contributed by atoms with Crippen molar-refractivity contribution in [3.63, 3.8) is 0 Å². The first-order chi connectivity index (χ1) is 19.3. The summed E-state index contributed by atoms with van der Waals surface area (Å²) < 4.78 is 11.0. The zero-order chi connectivity index (χ0) is 26.4. The number of nitrogens with one attached hydrogen (secondary N) is 1. The summed E-state index contributed by atoms with van der Waals surface area (Å²) in [6.07, 6.45) is 4.78. The van der Waals surface area contributed by atoms with Gasteiger partial charge in [0.05, 0.1) is 37.8 Å². The molecule has 204 valence electrons. The lowest BCUT2D eigenvalue weighted by molar-refractivity contribution is 0.0378. The van der Waals surface area contributed by atoms with E-state index in [0.717, 1.165) is 106 Å². The highest BCUT2D eigenvalue weighted by Gasteiger charge is 2.31. The molecular weight excluding hydrogens is 494 g/mol. The maximum atomic E-state index is 11.3. The van der Waals surface area contributed by atoms with Crippen molar-refractivity contribution in [1.29, 1.82) is 0 Å². The Morgan fingerprint density at radius 1 is 1.00 bits per heavy atom. The number of nitroso groups, excluding NO2 is 1. The molecule has 1 aromatic carbocycles. The number of anilines is 2. The molecule has 1 N–H and O–H groups in total. The molecule has 10 heteroatoms.